The van der Waals surface area contributed by atoms with E-state index < -0.39 is 0 Å². The third-order valence-electron chi connectivity index (χ3n) is 1.02. The Morgan fingerprint density at radius 1 is 1.60 bits per heavy atom. The molecular weight excluding hydrogens is 156 g/mol. The Hall–Kier alpha value is -0.680. The molecule has 1 rings (SSSR count). The summed E-state index contributed by atoms with van der Waals surface area (Å²) in [5, 5.41) is 19.0. The molecule has 1 heterocycles. The van der Waals surface area contributed by atoms with E-state index in [4.69, 9.17) is 16.7 Å². The molecule has 6 heteroatoms. The number of aliphatic hydroxyl groups excluding tert-OH is 1. The molecule has 0 bridgehead atoms. The molecule has 56 valence electrons. The molecule has 10 heavy (non-hydrogen) atoms. The second-order valence-corrected chi connectivity index (χ2v) is 2.09. The summed E-state index contributed by atoms with van der Waals surface area (Å²) >= 11 is 5.52. The summed E-state index contributed by atoms with van der Waals surface area (Å²) < 4.78 is 1.43. The van der Waals surface area contributed by atoms with Crippen LogP contribution in [0.5, 0.6) is 0 Å². The second kappa shape index (κ2) is 3.48. The highest BCUT2D eigenvalue weighted by atomic mass is 35.5. The number of aryl methyl sites for hydroxylation is 1. The number of hydrogen-bond acceptors (Lipinski definition) is 4. The van der Waals surface area contributed by atoms with Crippen molar-refractivity contribution >= 4 is 11.6 Å². The van der Waals surface area contributed by atoms with Crippen LogP contribution in [0.2, 0.25) is 5.28 Å². The van der Waals surface area contributed by atoms with Gasteiger partial charge < -0.3 is 5.11 Å². The highest BCUT2D eigenvalue weighted by Crippen LogP contribution is 1.99. The number of rotatable bonds is 3. The Kier molecular flexibility index (Phi) is 2.58. The van der Waals surface area contributed by atoms with Crippen molar-refractivity contribution in [2.75, 3.05) is 6.61 Å². The van der Waals surface area contributed by atoms with E-state index in [1.165, 1.54) is 4.68 Å². The van der Waals surface area contributed by atoms with E-state index in [1.54, 1.807) is 0 Å². The summed E-state index contributed by atoms with van der Waals surface area (Å²) in [7, 11) is 0. The van der Waals surface area contributed by atoms with Crippen LogP contribution in [-0.4, -0.2) is 31.9 Å². The van der Waals surface area contributed by atoms with Gasteiger partial charge in [0, 0.05) is 13.2 Å². The minimum Gasteiger partial charge on any atom is -0.396 e. The van der Waals surface area contributed by atoms with Crippen molar-refractivity contribution < 1.29 is 5.11 Å². The molecule has 0 saturated carbocycles. The molecule has 0 fully saturated rings. The third-order valence-corrected chi connectivity index (χ3v) is 1.29. The lowest BCUT2D eigenvalue weighted by Gasteiger charge is -1.95. The van der Waals surface area contributed by atoms with E-state index in [2.05, 4.69) is 15.5 Å². The maximum atomic E-state index is 8.43. The summed E-state index contributed by atoms with van der Waals surface area (Å²) in [5.74, 6) is 0. The predicted octanol–water partition coefficient (Wildman–Crippen LogP) is -0.291. The largest absolute Gasteiger partial charge is 0.396 e. The Labute approximate surface area is 62.6 Å². The van der Waals surface area contributed by atoms with Gasteiger partial charge in [0.25, 0.3) is 0 Å². The van der Waals surface area contributed by atoms with Gasteiger partial charge in [-0.25, -0.2) is 4.68 Å². The highest BCUT2D eigenvalue weighted by Gasteiger charge is 1.99. The van der Waals surface area contributed by atoms with Gasteiger partial charge >= 0.3 is 0 Å². The number of tetrazole rings is 1. The van der Waals surface area contributed by atoms with Gasteiger partial charge in [0.05, 0.1) is 0 Å². The molecule has 1 N–H and O–H groups in total. The van der Waals surface area contributed by atoms with Crippen molar-refractivity contribution in [3.05, 3.63) is 5.28 Å². The van der Waals surface area contributed by atoms with Gasteiger partial charge in [-0.2, -0.15) is 0 Å². The van der Waals surface area contributed by atoms with E-state index in [-0.39, 0.29) is 11.9 Å². The number of hydrogen-bond donors (Lipinski definition) is 1. The number of halogens is 1. The van der Waals surface area contributed by atoms with E-state index >= 15 is 0 Å². The van der Waals surface area contributed by atoms with Crippen LogP contribution in [0.4, 0.5) is 0 Å². The standard InChI is InChI=1S/C4H7ClN4O/c5-4-6-7-8-9(4)2-1-3-10/h10H,1-3H2. The van der Waals surface area contributed by atoms with Crippen LogP contribution < -0.4 is 0 Å². The van der Waals surface area contributed by atoms with Gasteiger partial charge in [-0.1, -0.05) is 5.10 Å². The molecular formula is C4H7ClN4O. The van der Waals surface area contributed by atoms with Crippen LogP contribution in [0, 0.1) is 0 Å². The van der Waals surface area contributed by atoms with Crippen molar-refractivity contribution in [3.63, 3.8) is 0 Å². The molecule has 0 aromatic carbocycles. The van der Waals surface area contributed by atoms with Crippen molar-refractivity contribution in [2.45, 2.75) is 13.0 Å². The van der Waals surface area contributed by atoms with Crippen LogP contribution in [0.3, 0.4) is 0 Å². The second-order valence-electron chi connectivity index (χ2n) is 1.75. The molecule has 0 amide bonds. The van der Waals surface area contributed by atoms with Gasteiger partial charge in [-0.3, -0.25) is 0 Å². The molecule has 0 atom stereocenters. The van der Waals surface area contributed by atoms with Crippen LogP contribution in [0.25, 0.3) is 0 Å². The Morgan fingerprint density at radius 2 is 2.40 bits per heavy atom. The molecule has 1 aromatic heterocycles. The van der Waals surface area contributed by atoms with E-state index in [0.29, 0.717) is 13.0 Å². The van der Waals surface area contributed by atoms with Gasteiger partial charge in [0.15, 0.2) is 0 Å². The van der Waals surface area contributed by atoms with Crippen LogP contribution in [0.15, 0.2) is 0 Å². The fourth-order valence-electron chi connectivity index (χ4n) is 0.551. The number of aliphatic hydroxyl groups is 1. The van der Waals surface area contributed by atoms with Crippen molar-refractivity contribution in [2.24, 2.45) is 0 Å². The summed E-state index contributed by atoms with van der Waals surface area (Å²) in [4.78, 5) is 0. The average molecular weight is 163 g/mol. The van der Waals surface area contributed by atoms with Crippen molar-refractivity contribution in [3.8, 4) is 0 Å². The highest BCUT2D eigenvalue weighted by molar-refractivity contribution is 6.28. The lowest BCUT2D eigenvalue weighted by molar-refractivity contribution is 0.276. The zero-order chi connectivity index (χ0) is 7.40. The average Bonchev–Trinajstić information content (AvgIpc) is 2.31. The lowest BCUT2D eigenvalue weighted by Crippen LogP contribution is -2.02. The first-order valence-corrected chi connectivity index (χ1v) is 3.25. The smallest absolute Gasteiger partial charge is 0.243 e. The molecule has 0 saturated heterocycles. The quantitative estimate of drug-likeness (QED) is 0.664. The summed E-state index contributed by atoms with van der Waals surface area (Å²) in [6, 6.07) is 0. The number of nitrogens with zero attached hydrogens (tertiary/aromatic N) is 4. The maximum absolute atomic E-state index is 8.43. The Balaban J connectivity index is 2.49. The molecule has 0 unspecified atom stereocenters. The van der Waals surface area contributed by atoms with E-state index in [1.807, 2.05) is 0 Å². The van der Waals surface area contributed by atoms with Crippen LogP contribution in [-0.2, 0) is 6.54 Å². The maximum Gasteiger partial charge on any atom is 0.243 e. The molecule has 0 aliphatic rings. The summed E-state index contributed by atoms with van der Waals surface area (Å²) in [5.41, 5.74) is 0. The minimum atomic E-state index is 0.121. The number of aromatic nitrogens is 4. The molecule has 1 aromatic rings. The topological polar surface area (TPSA) is 63.8 Å². The van der Waals surface area contributed by atoms with Gasteiger partial charge in [-0.05, 0) is 28.4 Å². The van der Waals surface area contributed by atoms with Gasteiger partial charge in [-0.15, -0.1) is 0 Å². The first-order chi connectivity index (χ1) is 4.84. The predicted molar refractivity (Wildman–Crippen MR) is 34.5 cm³/mol. The Morgan fingerprint density at radius 3 is 2.90 bits per heavy atom. The van der Waals surface area contributed by atoms with E-state index in [0.717, 1.165) is 0 Å². The molecule has 5 nitrogen and oxygen atoms in total. The molecule has 0 aliphatic carbocycles. The van der Waals surface area contributed by atoms with Crippen LogP contribution >= 0.6 is 11.6 Å². The molecule has 0 spiro atoms. The first-order valence-electron chi connectivity index (χ1n) is 2.87. The summed E-state index contributed by atoms with van der Waals surface area (Å²) in [6.07, 6.45) is 0.616. The fraction of sp³-hybridized carbons (Fsp3) is 0.750. The Bertz CT molecular complexity index is 201. The van der Waals surface area contributed by atoms with Gasteiger partial charge in [0.1, 0.15) is 0 Å². The third kappa shape index (κ3) is 1.65. The van der Waals surface area contributed by atoms with Crippen LogP contribution in [0.1, 0.15) is 6.42 Å². The SMILES string of the molecule is OCCCn1nnnc1Cl. The van der Waals surface area contributed by atoms with Gasteiger partial charge in [0.2, 0.25) is 5.28 Å². The monoisotopic (exact) mass is 162 g/mol. The minimum absolute atomic E-state index is 0.121. The lowest BCUT2D eigenvalue weighted by atomic mass is 10.5. The first kappa shape index (κ1) is 7.43. The summed E-state index contributed by atoms with van der Waals surface area (Å²) in [6.45, 7) is 0.679. The zero-order valence-electron chi connectivity index (χ0n) is 5.24. The molecule has 0 aliphatic heterocycles. The zero-order valence-corrected chi connectivity index (χ0v) is 5.99. The van der Waals surface area contributed by atoms with Crippen molar-refractivity contribution in [1.82, 2.24) is 20.2 Å². The normalized spacial score (nSPS) is 10.2. The van der Waals surface area contributed by atoms with Crippen molar-refractivity contribution in [1.29, 1.82) is 0 Å². The fourth-order valence-corrected chi connectivity index (χ4v) is 0.703. The molecule has 0 radical (unpaired) electrons. The van der Waals surface area contributed by atoms with E-state index in [9.17, 15) is 0 Å².